The first kappa shape index (κ1) is 10.5. The second-order valence-electron chi connectivity index (χ2n) is 2.52. The maximum absolute atomic E-state index is 8.95. The zero-order valence-corrected chi connectivity index (χ0v) is 8.58. The Morgan fingerprint density at radius 1 is 1.43 bits per heavy atom. The van der Waals surface area contributed by atoms with Crippen LogP contribution >= 0.6 is 11.3 Å². The van der Waals surface area contributed by atoms with Crippen molar-refractivity contribution in [2.45, 2.75) is 0 Å². The normalized spacial score (nSPS) is 8.93. The molecule has 0 bridgehead atoms. The van der Waals surface area contributed by atoms with Gasteiger partial charge in [0.05, 0.1) is 12.1 Å². The highest BCUT2D eigenvalue weighted by molar-refractivity contribution is 7.15. The molecule has 0 aliphatic rings. The van der Waals surface area contributed by atoms with Gasteiger partial charge >= 0.3 is 0 Å². The summed E-state index contributed by atoms with van der Waals surface area (Å²) in [5.41, 5.74) is 5.69. The third-order valence-electron chi connectivity index (χ3n) is 1.64. The van der Waals surface area contributed by atoms with Crippen LogP contribution in [0.15, 0.2) is 29.6 Å². The predicted molar refractivity (Wildman–Crippen MR) is 59.3 cm³/mol. The number of fused-ring (bicyclic) bond motifs is 1. The van der Waals surface area contributed by atoms with E-state index in [4.69, 9.17) is 10.5 Å². The van der Waals surface area contributed by atoms with Gasteiger partial charge in [0, 0.05) is 10.8 Å². The molecule has 0 fully saturated rings. The molecule has 1 aromatic carbocycles. The van der Waals surface area contributed by atoms with E-state index in [0.29, 0.717) is 6.47 Å². The van der Waals surface area contributed by atoms with Gasteiger partial charge in [0.25, 0.3) is 6.47 Å². The fraction of sp³-hybridized carbons (Fsp3) is 0.100. The van der Waals surface area contributed by atoms with Gasteiger partial charge in [-0.3, -0.25) is 4.79 Å². The van der Waals surface area contributed by atoms with Crippen LogP contribution in [0.1, 0.15) is 0 Å². The number of nitrogens with two attached hydrogens (primary N) is 1. The number of rotatable bonds is 1. The van der Waals surface area contributed by atoms with Crippen LogP contribution in [0.5, 0.6) is 0 Å². The summed E-state index contributed by atoms with van der Waals surface area (Å²) in [6.45, 7) is 0.375. The van der Waals surface area contributed by atoms with Crippen molar-refractivity contribution in [3.8, 4) is 0 Å². The molecule has 4 heteroatoms. The average molecular weight is 209 g/mol. The molecule has 2 aromatic rings. The third kappa shape index (κ3) is 2.47. The third-order valence-corrected chi connectivity index (χ3v) is 2.48. The Morgan fingerprint density at radius 3 is 2.64 bits per heavy atom. The summed E-state index contributed by atoms with van der Waals surface area (Å²) >= 11 is 1.60. The van der Waals surface area contributed by atoms with E-state index in [2.05, 4.69) is 16.2 Å². The minimum Gasteiger partial charge on any atom is -0.471 e. The van der Waals surface area contributed by atoms with Crippen LogP contribution in [0.25, 0.3) is 10.8 Å². The lowest BCUT2D eigenvalue weighted by Gasteiger charge is -1.87. The van der Waals surface area contributed by atoms with Crippen LogP contribution in [-0.2, 0) is 9.53 Å². The molecule has 0 radical (unpaired) electrons. The number of nitrogen functional groups attached to an aromatic ring is 1. The quantitative estimate of drug-likeness (QED) is 0.733. The fourth-order valence-corrected chi connectivity index (χ4v) is 1.79. The average Bonchev–Trinajstić information content (AvgIpc) is 2.62. The Hall–Kier alpha value is -1.55. The number of thiophene rings is 1. The van der Waals surface area contributed by atoms with Crippen molar-refractivity contribution in [1.29, 1.82) is 0 Å². The molecule has 0 spiro atoms. The van der Waals surface area contributed by atoms with Gasteiger partial charge in [-0.05, 0) is 5.39 Å². The molecule has 1 aromatic heterocycles. The molecule has 0 aliphatic carbocycles. The van der Waals surface area contributed by atoms with Gasteiger partial charge in [0.15, 0.2) is 0 Å². The number of carbonyl (C=O) groups excluding carboxylic acids is 1. The van der Waals surface area contributed by atoms with E-state index < -0.39 is 0 Å². The summed E-state index contributed by atoms with van der Waals surface area (Å²) in [5.74, 6) is 0. The number of anilines is 1. The summed E-state index contributed by atoms with van der Waals surface area (Å²) in [4.78, 5) is 8.95. The highest BCUT2D eigenvalue weighted by atomic mass is 32.1. The van der Waals surface area contributed by atoms with Gasteiger partial charge in [0.1, 0.15) is 0 Å². The second kappa shape index (κ2) is 5.24. The Bertz CT molecular complexity index is 411. The molecule has 2 rings (SSSR count). The van der Waals surface area contributed by atoms with Gasteiger partial charge < -0.3 is 10.5 Å². The maximum Gasteiger partial charge on any atom is 0.292 e. The summed E-state index contributed by atoms with van der Waals surface area (Å²) in [5, 5.41) is 5.40. The molecule has 3 nitrogen and oxygen atoms in total. The smallest absolute Gasteiger partial charge is 0.292 e. The first-order chi connectivity index (χ1) is 6.79. The highest BCUT2D eigenvalue weighted by Gasteiger charge is 1.96. The Kier molecular flexibility index (Phi) is 3.94. The summed E-state index contributed by atoms with van der Waals surface area (Å²) in [6, 6.07) is 8.14. The van der Waals surface area contributed by atoms with E-state index in [-0.39, 0.29) is 0 Å². The molecule has 0 saturated carbocycles. The first-order valence-electron chi connectivity index (χ1n) is 3.97. The van der Waals surface area contributed by atoms with Gasteiger partial charge in [-0.15, -0.1) is 11.3 Å². The molecule has 0 amide bonds. The number of benzene rings is 1. The standard InChI is InChI=1S/C8H7NS.C2H4O2/c9-8-7-4-2-1-3-6(7)5-10-8;1-4-2-3/h1-5H,9H2;2H,1H3. The van der Waals surface area contributed by atoms with Crippen molar-refractivity contribution < 1.29 is 9.53 Å². The zero-order valence-electron chi connectivity index (χ0n) is 7.77. The molecule has 1 heterocycles. The lowest BCUT2D eigenvalue weighted by atomic mass is 10.2. The molecule has 74 valence electrons. The van der Waals surface area contributed by atoms with Crippen molar-refractivity contribution in [3.05, 3.63) is 29.6 Å². The van der Waals surface area contributed by atoms with E-state index in [1.54, 1.807) is 11.3 Å². The molecule has 0 saturated heterocycles. The number of hydrogen-bond donors (Lipinski definition) is 1. The Morgan fingerprint density at radius 2 is 2.07 bits per heavy atom. The predicted octanol–water partition coefficient (Wildman–Crippen LogP) is 2.27. The number of carbonyl (C=O) groups is 1. The van der Waals surface area contributed by atoms with E-state index in [0.717, 1.165) is 5.00 Å². The minimum atomic E-state index is 0.375. The van der Waals surface area contributed by atoms with Crippen LogP contribution in [0.3, 0.4) is 0 Å². The number of ether oxygens (including phenoxy) is 1. The van der Waals surface area contributed by atoms with E-state index in [9.17, 15) is 0 Å². The Balaban J connectivity index is 0.000000213. The molecule has 2 N–H and O–H groups in total. The lowest BCUT2D eigenvalue weighted by molar-refractivity contribution is -0.126. The van der Waals surface area contributed by atoms with Crippen molar-refractivity contribution in [2.75, 3.05) is 12.8 Å². The summed E-state index contributed by atoms with van der Waals surface area (Å²) in [7, 11) is 1.31. The van der Waals surface area contributed by atoms with E-state index >= 15 is 0 Å². The lowest BCUT2D eigenvalue weighted by Crippen LogP contribution is -1.76. The van der Waals surface area contributed by atoms with Crippen molar-refractivity contribution in [3.63, 3.8) is 0 Å². The highest BCUT2D eigenvalue weighted by Crippen LogP contribution is 2.26. The van der Waals surface area contributed by atoms with Crippen molar-refractivity contribution in [2.24, 2.45) is 0 Å². The maximum atomic E-state index is 8.95. The molecular weight excluding hydrogens is 198 g/mol. The van der Waals surface area contributed by atoms with Gasteiger partial charge in [-0.1, -0.05) is 24.3 Å². The largest absolute Gasteiger partial charge is 0.471 e. The second-order valence-corrected chi connectivity index (χ2v) is 3.43. The van der Waals surface area contributed by atoms with Crippen LogP contribution in [-0.4, -0.2) is 13.6 Å². The van der Waals surface area contributed by atoms with Gasteiger partial charge in [-0.25, -0.2) is 0 Å². The monoisotopic (exact) mass is 209 g/mol. The molecular formula is C10H11NO2S. The first-order valence-corrected chi connectivity index (χ1v) is 4.85. The number of hydrogen-bond acceptors (Lipinski definition) is 4. The fourth-order valence-electron chi connectivity index (χ4n) is 1.01. The number of methoxy groups -OCH3 is 1. The zero-order chi connectivity index (χ0) is 10.4. The molecule has 0 atom stereocenters. The van der Waals surface area contributed by atoms with E-state index in [1.165, 1.54) is 17.9 Å². The SMILES string of the molecule is COC=O.Nc1scc2ccccc12. The minimum absolute atomic E-state index is 0.375. The topological polar surface area (TPSA) is 52.3 Å². The van der Waals surface area contributed by atoms with Crippen LogP contribution in [0.4, 0.5) is 5.00 Å². The van der Waals surface area contributed by atoms with E-state index in [1.807, 2.05) is 18.2 Å². The molecule has 0 aliphatic heterocycles. The summed E-state index contributed by atoms with van der Waals surface area (Å²) in [6.07, 6.45) is 0. The van der Waals surface area contributed by atoms with Crippen LogP contribution in [0.2, 0.25) is 0 Å². The van der Waals surface area contributed by atoms with Gasteiger partial charge in [0.2, 0.25) is 0 Å². The molecule has 14 heavy (non-hydrogen) atoms. The van der Waals surface area contributed by atoms with Gasteiger partial charge in [-0.2, -0.15) is 0 Å². The van der Waals surface area contributed by atoms with Crippen molar-refractivity contribution >= 4 is 33.6 Å². The van der Waals surface area contributed by atoms with Crippen LogP contribution < -0.4 is 5.73 Å². The Labute approximate surface area is 86.1 Å². The van der Waals surface area contributed by atoms with Crippen LogP contribution in [0, 0.1) is 0 Å². The van der Waals surface area contributed by atoms with Crippen molar-refractivity contribution in [1.82, 2.24) is 0 Å². The molecule has 0 unspecified atom stereocenters. The summed E-state index contributed by atoms with van der Waals surface area (Å²) < 4.78 is 3.86.